The quantitative estimate of drug-likeness (QED) is 0.852. The predicted molar refractivity (Wildman–Crippen MR) is 95.4 cm³/mol. The molecule has 1 atom stereocenters. The third-order valence-corrected chi connectivity index (χ3v) is 4.54. The molecular formula is C18H21N3O4. The molecule has 1 N–H and O–H groups in total. The van der Waals surface area contributed by atoms with Crippen molar-refractivity contribution in [3.8, 4) is 0 Å². The van der Waals surface area contributed by atoms with Crippen LogP contribution >= 0.6 is 0 Å². The molecule has 1 aliphatic heterocycles. The van der Waals surface area contributed by atoms with Crippen molar-refractivity contribution in [2.75, 3.05) is 37.5 Å². The van der Waals surface area contributed by atoms with Gasteiger partial charge in [0.1, 0.15) is 11.9 Å². The third kappa shape index (κ3) is 2.97. The molecule has 0 radical (unpaired) electrons. The molecule has 0 aliphatic carbocycles. The number of hydrogen-bond acceptors (Lipinski definition) is 6. The molecule has 1 aromatic carbocycles. The zero-order valence-corrected chi connectivity index (χ0v) is 14.5. The van der Waals surface area contributed by atoms with E-state index in [1.165, 1.54) is 7.11 Å². The first kappa shape index (κ1) is 17.0. The van der Waals surface area contributed by atoms with Crippen LogP contribution < -0.4 is 9.80 Å². The molecule has 3 rings (SSSR count). The minimum absolute atomic E-state index is 0.415. The standard InChI is InChI=1S/C18H21N3O4/c1-20(2)16-13-9-11(18(24)25-3)6-7-12(13)15(10-19-16)21-8-4-5-14(21)17(22)23/h6-7,9-10,14H,4-5,8H2,1-3H3,(H,22,23). The number of hydrogen-bond donors (Lipinski definition) is 1. The SMILES string of the molecule is COC(=O)c1ccc2c(N3CCCC3C(=O)O)cnc(N(C)C)c2c1. The highest BCUT2D eigenvalue weighted by molar-refractivity contribution is 6.05. The lowest BCUT2D eigenvalue weighted by molar-refractivity contribution is -0.138. The number of pyridine rings is 1. The number of aliphatic carboxylic acids is 1. The zero-order chi connectivity index (χ0) is 18.1. The van der Waals surface area contributed by atoms with Gasteiger partial charge in [0, 0.05) is 31.4 Å². The van der Waals surface area contributed by atoms with E-state index in [2.05, 4.69) is 4.98 Å². The number of carbonyl (C=O) groups is 2. The number of rotatable bonds is 4. The number of anilines is 2. The molecule has 2 aromatic rings. The highest BCUT2D eigenvalue weighted by Crippen LogP contribution is 2.36. The molecule has 1 saturated heterocycles. The second-order valence-corrected chi connectivity index (χ2v) is 6.30. The van der Waals surface area contributed by atoms with Gasteiger partial charge in [-0.15, -0.1) is 0 Å². The fourth-order valence-corrected chi connectivity index (χ4v) is 3.36. The normalized spacial score (nSPS) is 16.9. The average Bonchev–Trinajstić information content (AvgIpc) is 3.09. The van der Waals surface area contributed by atoms with Crippen LogP contribution in [0.4, 0.5) is 11.5 Å². The Kier molecular flexibility index (Phi) is 4.48. The molecule has 25 heavy (non-hydrogen) atoms. The van der Waals surface area contributed by atoms with Gasteiger partial charge in [-0.25, -0.2) is 14.6 Å². The van der Waals surface area contributed by atoms with Crippen molar-refractivity contribution in [2.45, 2.75) is 18.9 Å². The van der Waals surface area contributed by atoms with Crippen molar-refractivity contribution in [2.24, 2.45) is 0 Å². The van der Waals surface area contributed by atoms with Gasteiger partial charge < -0.3 is 19.6 Å². The molecule has 0 amide bonds. The van der Waals surface area contributed by atoms with Gasteiger partial charge in [0.25, 0.3) is 0 Å². The molecule has 1 unspecified atom stereocenters. The number of ether oxygens (including phenoxy) is 1. The number of fused-ring (bicyclic) bond motifs is 1. The summed E-state index contributed by atoms with van der Waals surface area (Å²) in [6.07, 6.45) is 3.16. The lowest BCUT2D eigenvalue weighted by Crippen LogP contribution is -2.36. The van der Waals surface area contributed by atoms with E-state index in [0.717, 1.165) is 28.7 Å². The molecule has 1 aliphatic rings. The van der Waals surface area contributed by atoms with Crippen molar-refractivity contribution in [3.05, 3.63) is 30.0 Å². The van der Waals surface area contributed by atoms with Crippen LogP contribution in [0.3, 0.4) is 0 Å². The molecule has 7 heteroatoms. The molecular weight excluding hydrogens is 322 g/mol. The summed E-state index contributed by atoms with van der Waals surface area (Å²) < 4.78 is 4.80. The fraction of sp³-hybridized carbons (Fsp3) is 0.389. The second kappa shape index (κ2) is 6.58. The van der Waals surface area contributed by atoms with Crippen LogP contribution in [0.15, 0.2) is 24.4 Å². The monoisotopic (exact) mass is 343 g/mol. The number of benzene rings is 1. The van der Waals surface area contributed by atoms with E-state index in [0.29, 0.717) is 18.5 Å². The van der Waals surface area contributed by atoms with Gasteiger partial charge in [0.15, 0.2) is 0 Å². The first-order chi connectivity index (χ1) is 11.9. The third-order valence-electron chi connectivity index (χ3n) is 4.54. The lowest BCUT2D eigenvalue weighted by atomic mass is 10.1. The van der Waals surface area contributed by atoms with Gasteiger partial charge in [0.05, 0.1) is 24.6 Å². The van der Waals surface area contributed by atoms with E-state index in [1.54, 1.807) is 18.3 Å². The smallest absolute Gasteiger partial charge is 0.337 e. The number of esters is 1. The molecule has 0 saturated carbocycles. The van der Waals surface area contributed by atoms with Crippen molar-refractivity contribution >= 4 is 34.2 Å². The maximum absolute atomic E-state index is 11.9. The maximum atomic E-state index is 11.9. The van der Waals surface area contributed by atoms with Gasteiger partial charge in [-0.1, -0.05) is 6.07 Å². The van der Waals surface area contributed by atoms with Gasteiger partial charge in [-0.3, -0.25) is 0 Å². The van der Waals surface area contributed by atoms with Crippen molar-refractivity contribution < 1.29 is 19.4 Å². The van der Waals surface area contributed by atoms with Gasteiger partial charge in [-0.05, 0) is 25.0 Å². The maximum Gasteiger partial charge on any atom is 0.337 e. The number of nitrogens with zero attached hydrogens (tertiary/aromatic N) is 3. The van der Waals surface area contributed by atoms with Crippen LogP contribution in [-0.4, -0.2) is 55.8 Å². The average molecular weight is 343 g/mol. The molecule has 1 aromatic heterocycles. The summed E-state index contributed by atoms with van der Waals surface area (Å²) in [6.45, 7) is 0.674. The van der Waals surface area contributed by atoms with E-state index in [9.17, 15) is 14.7 Å². The van der Waals surface area contributed by atoms with Crippen LogP contribution in [0.5, 0.6) is 0 Å². The van der Waals surface area contributed by atoms with E-state index < -0.39 is 18.0 Å². The summed E-state index contributed by atoms with van der Waals surface area (Å²) in [5.74, 6) is -0.523. The van der Waals surface area contributed by atoms with Gasteiger partial charge >= 0.3 is 11.9 Å². The van der Waals surface area contributed by atoms with Crippen LogP contribution in [0.1, 0.15) is 23.2 Å². The highest BCUT2D eigenvalue weighted by atomic mass is 16.5. The van der Waals surface area contributed by atoms with E-state index >= 15 is 0 Å². The Morgan fingerprint density at radius 1 is 1.32 bits per heavy atom. The van der Waals surface area contributed by atoms with Crippen LogP contribution in [-0.2, 0) is 9.53 Å². The molecule has 0 spiro atoms. The molecule has 2 heterocycles. The lowest BCUT2D eigenvalue weighted by Gasteiger charge is -2.26. The van der Waals surface area contributed by atoms with Crippen molar-refractivity contribution in [3.63, 3.8) is 0 Å². The Morgan fingerprint density at radius 2 is 2.08 bits per heavy atom. The Bertz CT molecular complexity index is 834. The van der Waals surface area contributed by atoms with E-state index in [-0.39, 0.29) is 0 Å². The summed E-state index contributed by atoms with van der Waals surface area (Å²) >= 11 is 0. The summed E-state index contributed by atoms with van der Waals surface area (Å²) in [6, 6.07) is 4.74. The van der Waals surface area contributed by atoms with Crippen LogP contribution in [0.2, 0.25) is 0 Å². The number of carboxylic acid groups (broad SMARTS) is 1. The van der Waals surface area contributed by atoms with Crippen LogP contribution in [0.25, 0.3) is 10.8 Å². The summed E-state index contributed by atoms with van der Waals surface area (Å²) in [5, 5.41) is 11.1. The van der Waals surface area contributed by atoms with Crippen LogP contribution in [0, 0.1) is 0 Å². The highest BCUT2D eigenvalue weighted by Gasteiger charge is 2.32. The number of methoxy groups -OCH3 is 1. The van der Waals surface area contributed by atoms with E-state index in [4.69, 9.17) is 4.74 Å². The Hall–Kier alpha value is -2.83. The minimum Gasteiger partial charge on any atom is -0.480 e. The van der Waals surface area contributed by atoms with Gasteiger partial charge in [0.2, 0.25) is 0 Å². The molecule has 0 bridgehead atoms. The molecule has 1 fully saturated rings. The Balaban J connectivity index is 2.19. The molecule has 132 valence electrons. The Labute approximate surface area is 145 Å². The summed E-state index contributed by atoms with van der Waals surface area (Å²) in [5.41, 5.74) is 1.22. The number of aromatic nitrogens is 1. The first-order valence-electron chi connectivity index (χ1n) is 8.12. The van der Waals surface area contributed by atoms with Crippen molar-refractivity contribution in [1.29, 1.82) is 0 Å². The zero-order valence-electron chi connectivity index (χ0n) is 14.5. The molecule has 7 nitrogen and oxygen atoms in total. The first-order valence-corrected chi connectivity index (χ1v) is 8.12. The number of carboxylic acids is 1. The summed E-state index contributed by atoms with van der Waals surface area (Å²) in [7, 11) is 5.10. The predicted octanol–water partition coefficient (Wildman–Crippen LogP) is 2.14. The fourth-order valence-electron chi connectivity index (χ4n) is 3.36. The summed E-state index contributed by atoms with van der Waals surface area (Å²) in [4.78, 5) is 31.7. The largest absolute Gasteiger partial charge is 0.480 e. The van der Waals surface area contributed by atoms with Crippen molar-refractivity contribution in [1.82, 2.24) is 4.98 Å². The topological polar surface area (TPSA) is 83.0 Å². The number of carbonyl (C=O) groups excluding carboxylic acids is 1. The second-order valence-electron chi connectivity index (χ2n) is 6.30. The van der Waals surface area contributed by atoms with Gasteiger partial charge in [-0.2, -0.15) is 0 Å². The minimum atomic E-state index is -0.825. The Morgan fingerprint density at radius 3 is 2.72 bits per heavy atom. The van der Waals surface area contributed by atoms with E-state index in [1.807, 2.05) is 30.0 Å².